The molecule has 0 bridgehead atoms. The van der Waals surface area contributed by atoms with E-state index in [9.17, 15) is 0 Å². The van der Waals surface area contributed by atoms with Gasteiger partial charge in [-0.2, -0.15) is 0 Å². The first-order chi connectivity index (χ1) is 10.3. The lowest BCUT2D eigenvalue weighted by molar-refractivity contribution is 0.415. The number of thiophene rings is 1. The molecule has 2 aromatic carbocycles. The third-order valence-electron chi connectivity index (χ3n) is 3.80. The van der Waals surface area contributed by atoms with Crippen molar-refractivity contribution in [3.63, 3.8) is 0 Å². The Kier molecular flexibility index (Phi) is 4.26. The van der Waals surface area contributed by atoms with E-state index < -0.39 is 0 Å². The van der Waals surface area contributed by atoms with Crippen LogP contribution in [0, 0.1) is 0 Å². The largest absolute Gasteiger partial charge is 0.497 e. The summed E-state index contributed by atoms with van der Waals surface area (Å²) < 4.78 is 6.66. The van der Waals surface area contributed by atoms with Crippen molar-refractivity contribution in [2.45, 2.75) is 26.2 Å². The van der Waals surface area contributed by atoms with Crippen molar-refractivity contribution >= 4 is 21.4 Å². The first-order valence-electron chi connectivity index (χ1n) is 7.48. The maximum atomic E-state index is 5.27. The minimum Gasteiger partial charge on any atom is -0.497 e. The molecule has 0 atom stereocenters. The second-order valence-corrected chi connectivity index (χ2v) is 6.37. The second-order valence-electron chi connectivity index (χ2n) is 5.23. The molecule has 1 nitrogen and oxygen atoms in total. The molecule has 1 aromatic heterocycles. The maximum absolute atomic E-state index is 5.27. The molecular formula is C19H20OS. The Balaban J connectivity index is 2.12. The molecule has 0 saturated heterocycles. The predicted octanol–water partition coefficient (Wildman–Crippen LogP) is 5.92. The van der Waals surface area contributed by atoms with Gasteiger partial charge in [-0.3, -0.25) is 0 Å². The monoisotopic (exact) mass is 296 g/mol. The van der Waals surface area contributed by atoms with Crippen molar-refractivity contribution in [1.29, 1.82) is 0 Å². The minimum atomic E-state index is 0.911. The van der Waals surface area contributed by atoms with Crippen LogP contribution in [-0.2, 0) is 6.42 Å². The van der Waals surface area contributed by atoms with Crippen LogP contribution >= 0.6 is 11.3 Å². The Morgan fingerprint density at radius 2 is 1.76 bits per heavy atom. The number of aryl methyl sites for hydroxylation is 1. The predicted molar refractivity (Wildman–Crippen MR) is 92.4 cm³/mol. The lowest BCUT2D eigenvalue weighted by Gasteiger charge is -2.06. The highest BCUT2D eigenvalue weighted by molar-refractivity contribution is 7.19. The van der Waals surface area contributed by atoms with E-state index in [0.29, 0.717) is 0 Å². The minimum absolute atomic E-state index is 0.911. The van der Waals surface area contributed by atoms with Crippen molar-refractivity contribution in [1.82, 2.24) is 0 Å². The van der Waals surface area contributed by atoms with Crippen LogP contribution in [0.15, 0.2) is 48.5 Å². The number of methoxy groups -OCH3 is 1. The van der Waals surface area contributed by atoms with Gasteiger partial charge in [-0.15, -0.1) is 11.3 Å². The zero-order valence-corrected chi connectivity index (χ0v) is 13.4. The summed E-state index contributed by atoms with van der Waals surface area (Å²) in [7, 11) is 1.71. The Labute approximate surface area is 130 Å². The highest BCUT2D eigenvalue weighted by Crippen LogP contribution is 2.39. The van der Waals surface area contributed by atoms with Gasteiger partial charge in [0.1, 0.15) is 5.75 Å². The van der Waals surface area contributed by atoms with E-state index in [2.05, 4.69) is 43.3 Å². The summed E-state index contributed by atoms with van der Waals surface area (Å²) in [5.41, 5.74) is 2.70. The summed E-state index contributed by atoms with van der Waals surface area (Å²) in [6.45, 7) is 2.25. The van der Waals surface area contributed by atoms with Gasteiger partial charge in [0, 0.05) is 20.5 Å². The average molecular weight is 296 g/mol. The molecule has 3 rings (SSSR count). The van der Waals surface area contributed by atoms with Crippen LogP contribution in [-0.4, -0.2) is 7.11 Å². The van der Waals surface area contributed by atoms with Gasteiger partial charge in [0.2, 0.25) is 0 Å². The number of rotatable bonds is 5. The number of benzene rings is 2. The molecule has 0 aliphatic heterocycles. The van der Waals surface area contributed by atoms with Gasteiger partial charge in [-0.1, -0.05) is 43.7 Å². The number of hydrogen-bond donors (Lipinski definition) is 0. The molecule has 0 saturated carbocycles. The Bertz CT molecular complexity index is 725. The fraction of sp³-hybridized carbons (Fsp3) is 0.263. The van der Waals surface area contributed by atoms with Gasteiger partial charge < -0.3 is 4.74 Å². The van der Waals surface area contributed by atoms with Crippen LogP contribution in [0.1, 0.15) is 24.6 Å². The fourth-order valence-electron chi connectivity index (χ4n) is 2.68. The highest BCUT2D eigenvalue weighted by atomic mass is 32.1. The quantitative estimate of drug-likeness (QED) is 0.568. The number of unbranched alkanes of at least 4 members (excludes halogenated alkanes) is 1. The molecular weight excluding hydrogens is 276 g/mol. The SMILES string of the molecule is CCCCc1sc2ccccc2c1-c1ccc(OC)cc1. The van der Waals surface area contributed by atoms with Gasteiger partial charge in [-0.25, -0.2) is 0 Å². The zero-order valence-electron chi connectivity index (χ0n) is 12.6. The van der Waals surface area contributed by atoms with Crippen LogP contribution in [0.25, 0.3) is 21.2 Å². The number of fused-ring (bicyclic) bond motifs is 1. The highest BCUT2D eigenvalue weighted by Gasteiger charge is 2.13. The first-order valence-corrected chi connectivity index (χ1v) is 8.30. The molecule has 0 radical (unpaired) electrons. The molecule has 0 unspecified atom stereocenters. The van der Waals surface area contributed by atoms with Crippen molar-refractivity contribution in [2.24, 2.45) is 0 Å². The third-order valence-corrected chi connectivity index (χ3v) is 5.04. The van der Waals surface area contributed by atoms with Crippen LogP contribution < -0.4 is 4.74 Å². The molecule has 3 aromatic rings. The average Bonchev–Trinajstić information content (AvgIpc) is 2.91. The number of hydrogen-bond acceptors (Lipinski definition) is 2. The van der Waals surface area contributed by atoms with Gasteiger partial charge in [0.15, 0.2) is 0 Å². The number of ether oxygens (including phenoxy) is 1. The van der Waals surface area contributed by atoms with Crippen LogP contribution in [0.4, 0.5) is 0 Å². The zero-order chi connectivity index (χ0) is 14.7. The Morgan fingerprint density at radius 3 is 2.48 bits per heavy atom. The summed E-state index contributed by atoms with van der Waals surface area (Å²) in [5, 5.41) is 1.37. The lowest BCUT2D eigenvalue weighted by atomic mass is 10.00. The van der Waals surface area contributed by atoms with E-state index in [1.807, 2.05) is 23.5 Å². The maximum Gasteiger partial charge on any atom is 0.118 e. The van der Waals surface area contributed by atoms with Crippen LogP contribution in [0.5, 0.6) is 5.75 Å². The summed E-state index contributed by atoms with van der Waals surface area (Å²) in [5.74, 6) is 0.911. The molecule has 2 heteroatoms. The molecule has 108 valence electrons. The van der Waals surface area contributed by atoms with Crippen molar-refractivity contribution < 1.29 is 4.74 Å². The molecule has 1 heterocycles. The van der Waals surface area contributed by atoms with Crippen LogP contribution in [0.3, 0.4) is 0 Å². The summed E-state index contributed by atoms with van der Waals surface area (Å²) >= 11 is 1.94. The van der Waals surface area contributed by atoms with E-state index in [1.54, 1.807) is 7.11 Å². The first kappa shape index (κ1) is 14.2. The Morgan fingerprint density at radius 1 is 1.00 bits per heavy atom. The van der Waals surface area contributed by atoms with Crippen LogP contribution in [0.2, 0.25) is 0 Å². The Hall–Kier alpha value is -1.80. The van der Waals surface area contributed by atoms with Gasteiger partial charge in [0.25, 0.3) is 0 Å². The van der Waals surface area contributed by atoms with E-state index in [1.165, 1.54) is 38.9 Å². The van der Waals surface area contributed by atoms with Gasteiger partial charge in [-0.05, 0) is 36.6 Å². The van der Waals surface area contributed by atoms with E-state index in [4.69, 9.17) is 4.74 Å². The summed E-state index contributed by atoms with van der Waals surface area (Å²) in [6, 6.07) is 17.2. The molecule has 21 heavy (non-hydrogen) atoms. The van der Waals surface area contributed by atoms with Crippen molar-refractivity contribution in [3.05, 3.63) is 53.4 Å². The summed E-state index contributed by atoms with van der Waals surface area (Å²) in [6.07, 6.45) is 3.64. The normalized spacial score (nSPS) is 11.0. The molecule has 0 N–H and O–H groups in total. The third kappa shape index (κ3) is 2.81. The van der Waals surface area contributed by atoms with Gasteiger partial charge in [0.05, 0.1) is 7.11 Å². The lowest BCUT2D eigenvalue weighted by Crippen LogP contribution is -1.86. The molecule has 0 aliphatic rings. The molecule has 0 aliphatic carbocycles. The van der Waals surface area contributed by atoms with E-state index in [0.717, 1.165) is 12.2 Å². The molecule has 0 fully saturated rings. The fourth-order valence-corrected chi connectivity index (χ4v) is 3.95. The van der Waals surface area contributed by atoms with E-state index >= 15 is 0 Å². The smallest absolute Gasteiger partial charge is 0.118 e. The van der Waals surface area contributed by atoms with E-state index in [-0.39, 0.29) is 0 Å². The standard InChI is InChI=1S/C19H20OS/c1-3-4-8-18-19(14-10-12-15(20-2)13-11-14)16-7-5-6-9-17(16)21-18/h5-7,9-13H,3-4,8H2,1-2H3. The van der Waals surface area contributed by atoms with Crippen molar-refractivity contribution in [2.75, 3.05) is 7.11 Å². The summed E-state index contributed by atoms with van der Waals surface area (Å²) in [4.78, 5) is 1.50. The van der Waals surface area contributed by atoms with Crippen molar-refractivity contribution in [3.8, 4) is 16.9 Å². The molecule has 0 spiro atoms. The topological polar surface area (TPSA) is 9.23 Å². The molecule has 0 amide bonds. The second kappa shape index (κ2) is 6.31. The van der Waals surface area contributed by atoms with Gasteiger partial charge >= 0.3 is 0 Å².